The Bertz CT molecular complexity index is 1020. The first-order valence-corrected chi connectivity index (χ1v) is 8.67. The van der Waals surface area contributed by atoms with E-state index < -0.39 is 11.7 Å². The topological polar surface area (TPSA) is 93.7 Å². The molecule has 0 bridgehead atoms. The number of alkyl halides is 3. The first-order chi connectivity index (χ1) is 13.3. The number of nitrogens with one attached hydrogen (secondary N) is 2. The lowest BCUT2D eigenvalue weighted by molar-refractivity contribution is -0.137. The van der Waals surface area contributed by atoms with Gasteiger partial charge in [-0.15, -0.1) is 0 Å². The quantitative estimate of drug-likeness (QED) is 0.699. The lowest BCUT2D eigenvalue weighted by Gasteiger charge is -2.14. The van der Waals surface area contributed by atoms with E-state index in [1.807, 2.05) is 18.5 Å². The fraction of sp³-hybridized carbons (Fsp3) is 0.412. The van der Waals surface area contributed by atoms with Gasteiger partial charge in [0.1, 0.15) is 17.4 Å². The molecule has 8 nitrogen and oxygen atoms in total. The number of hydrogen-bond acceptors (Lipinski definition) is 7. The van der Waals surface area contributed by atoms with Crippen molar-refractivity contribution in [2.45, 2.75) is 38.9 Å². The molecule has 28 heavy (non-hydrogen) atoms. The molecule has 0 unspecified atom stereocenters. The molecule has 0 saturated carbocycles. The number of fused-ring (bicyclic) bond motifs is 1. The number of anilines is 3. The fourth-order valence-corrected chi connectivity index (χ4v) is 3.44. The third kappa shape index (κ3) is 2.96. The highest BCUT2D eigenvalue weighted by atomic mass is 19.4. The van der Waals surface area contributed by atoms with Crippen molar-refractivity contribution in [2.75, 3.05) is 17.7 Å². The molecule has 3 aromatic heterocycles. The molecule has 0 aromatic carbocycles. The summed E-state index contributed by atoms with van der Waals surface area (Å²) < 4.78 is 46.3. The lowest BCUT2D eigenvalue weighted by Crippen LogP contribution is -2.13. The molecule has 11 heteroatoms. The second-order valence-corrected chi connectivity index (χ2v) is 6.58. The molecule has 0 spiro atoms. The van der Waals surface area contributed by atoms with E-state index in [4.69, 9.17) is 4.52 Å². The summed E-state index contributed by atoms with van der Waals surface area (Å²) in [6.07, 6.45) is -0.476. The zero-order valence-corrected chi connectivity index (χ0v) is 15.4. The maximum Gasteiger partial charge on any atom is 0.421 e. The van der Waals surface area contributed by atoms with Crippen molar-refractivity contribution < 1.29 is 17.7 Å². The van der Waals surface area contributed by atoms with Gasteiger partial charge in [0.25, 0.3) is 0 Å². The van der Waals surface area contributed by atoms with E-state index in [-0.39, 0.29) is 17.8 Å². The van der Waals surface area contributed by atoms with Gasteiger partial charge in [0.2, 0.25) is 5.95 Å². The smallest absolute Gasteiger partial charge is 0.372 e. The molecule has 2 N–H and O–H groups in total. The van der Waals surface area contributed by atoms with E-state index in [0.717, 1.165) is 41.8 Å². The molecule has 1 aliphatic carbocycles. The van der Waals surface area contributed by atoms with Crippen molar-refractivity contribution in [2.24, 2.45) is 0 Å². The second-order valence-electron chi connectivity index (χ2n) is 6.58. The van der Waals surface area contributed by atoms with Crippen LogP contribution < -0.4 is 10.6 Å². The Balaban J connectivity index is 1.61. The summed E-state index contributed by atoms with van der Waals surface area (Å²) in [5.74, 6) is 0.550. The molecule has 1 atom stereocenters. The van der Waals surface area contributed by atoms with Gasteiger partial charge < -0.3 is 15.2 Å². The first-order valence-electron chi connectivity index (χ1n) is 8.67. The summed E-state index contributed by atoms with van der Waals surface area (Å²) in [5.41, 5.74) is 2.47. The van der Waals surface area contributed by atoms with Crippen molar-refractivity contribution in [1.29, 1.82) is 0 Å². The summed E-state index contributed by atoms with van der Waals surface area (Å²) in [7, 11) is 1.38. The highest BCUT2D eigenvalue weighted by molar-refractivity contribution is 5.58. The monoisotopic (exact) mass is 393 g/mol. The number of rotatable bonds is 4. The Hall–Kier alpha value is -3.11. The molecule has 148 valence electrons. The highest BCUT2D eigenvalue weighted by Crippen LogP contribution is 2.38. The maximum absolute atomic E-state index is 13.0. The molecule has 1 aliphatic rings. The van der Waals surface area contributed by atoms with Crippen LogP contribution in [0.3, 0.4) is 0 Å². The predicted octanol–water partition coefficient (Wildman–Crippen LogP) is 3.62. The van der Waals surface area contributed by atoms with E-state index in [9.17, 15) is 13.2 Å². The SMILES string of the molecule is CNc1nc(Nc2cnn([C@H]3CCc4c(C)noc43)c2C)ncc1C(F)(F)F. The van der Waals surface area contributed by atoms with Crippen molar-refractivity contribution in [1.82, 2.24) is 24.9 Å². The Kier molecular flexibility index (Phi) is 4.24. The summed E-state index contributed by atoms with van der Waals surface area (Å²) in [5, 5.41) is 13.8. The van der Waals surface area contributed by atoms with Gasteiger partial charge in [-0.1, -0.05) is 5.16 Å². The van der Waals surface area contributed by atoms with Crippen LogP contribution >= 0.6 is 0 Å². The molecular formula is C17H18F3N7O. The van der Waals surface area contributed by atoms with Crippen LogP contribution in [0.15, 0.2) is 16.9 Å². The van der Waals surface area contributed by atoms with Crippen LogP contribution in [-0.2, 0) is 12.6 Å². The van der Waals surface area contributed by atoms with Crippen molar-refractivity contribution >= 4 is 17.5 Å². The molecule has 0 aliphatic heterocycles. The van der Waals surface area contributed by atoms with Crippen LogP contribution in [0.25, 0.3) is 0 Å². The van der Waals surface area contributed by atoms with Crippen LogP contribution in [0.5, 0.6) is 0 Å². The molecule has 0 saturated heterocycles. The van der Waals surface area contributed by atoms with Gasteiger partial charge in [-0.05, 0) is 26.7 Å². The van der Waals surface area contributed by atoms with Gasteiger partial charge in [-0.2, -0.15) is 23.3 Å². The van der Waals surface area contributed by atoms with Crippen LogP contribution in [-0.4, -0.2) is 32.0 Å². The standard InChI is InChI=1S/C17H18F3N7O/c1-8-10-4-5-13(14(10)28-26-8)27-9(2)12(7-23-27)24-16-22-6-11(17(18,19)20)15(21-3)25-16/h6-7,13H,4-5H2,1-3H3,(H2,21,22,24,25)/t13-/m0/s1. The number of nitrogens with zero attached hydrogens (tertiary/aromatic N) is 5. The second kappa shape index (κ2) is 6.50. The Morgan fingerprint density at radius 3 is 2.75 bits per heavy atom. The summed E-state index contributed by atoms with van der Waals surface area (Å²) in [6, 6.07) is -0.0619. The van der Waals surface area contributed by atoms with Gasteiger partial charge in [-0.3, -0.25) is 4.68 Å². The Labute approximate surface area is 158 Å². The lowest BCUT2D eigenvalue weighted by atomic mass is 10.2. The average molecular weight is 393 g/mol. The van der Waals surface area contributed by atoms with E-state index in [0.29, 0.717) is 5.69 Å². The summed E-state index contributed by atoms with van der Waals surface area (Å²) in [4.78, 5) is 7.71. The third-order valence-electron chi connectivity index (χ3n) is 4.90. The number of halogens is 3. The normalized spacial score (nSPS) is 16.3. The van der Waals surface area contributed by atoms with Gasteiger partial charge in [0.15, 0.2) is 5.76 Å². The Morgan fingerprint density at radius 2 is 2.04 bits per heavy atom. The van der Waals surface area contributed by atoms with E-state index in [1.165, 1.54) is 7.05 Å². The van der Waals surface area contributed by atoms with Crippen molar-refractivity contribution in [3.05, 3.63) is 40.7 Å². The third-order valence-corrected chi connectivity index (χ3v) is 4.90. The molecular weight excluding hydrogens is 375 g/mol. The number of hydrogen-bond donors (Lipinski definition) is 2. The van der Waals surface area contributed by atoms with Crippen molar-refractivity contribution in [3.8, 4) is 0 Å². The van der Waals surface area contributed by atoms with Crippen molar-refractivity contribution in [3.63, 3.8) is 0 Å². The van der Waals surface area contributed by atoms with Crippen LogP contribution in [0, 0.1) is 13.8 Å². The minimum atomic E-state index is -4.53. The maximum atomic E-state index is 13.0. The van der Waals surface area contributed by atoms with Crippen LogP contribution in [0.1, 0.15) is 40.7 Å². The minimum absolute atomic E-state index is 0.0441. The minimum Gasteiger partial charge on any atom is -0.372 e. The summed E-state index contributed by atoms with van der Waals surface area (Å²) in [6.45, 7) is 3.77. The van der Waals surface area contributed by atoms with Gasteiger partial charge in [-0.25, -0.2) is 4.98 Å². The molecule has 0 radical (unpaired) electrons. The highest BCUT2D eigenvalue weighted by Gasteiger charge is 2.35. The first kappa shape index (κ1) is 18.3. The Morgan fingerprint density at radius 1 is 1.25 bits per heavy atom. The zero-order chi connectivity index (χ0) is 20.1. The molecule has 4 rings (SSSR count). The average Bonchev–Trinajstić information content (AvgIpc) is 3.32. The van der Waals surface area contributed by atoms with E-state index >= 15 is 0 Å². The number of aryl methyl sites for hydroxylation is 1. The zero-order valence-electron chi connectivity index (χ0n) is 15.4. The van der Waals surface area contributed by atoms with E-state index in [2.05, 4.69) is 30.9 Å². The summed E-state index contributed by atoms with van der Waals surface area (Å²) >= 11 is 0. The number of aromatic nitrogens is 5. The van der Waals surface area contributed by atoms with E-state index in [1.54, 1.807) is 6.20 Å². The predicted molar refractivity (Wildman–Crippen MR) is 94.5 cm³/mol. The van der Waals surface area contributed by atoms with Crippen LogP contribution in [0.4, 0.5) is 30.6 Å². The fourth-order valence-electron chi connectivity index (χ4n) is 3.44. The molecule has 3 aromatic rings. The van der Waals surface area contributed by atoms with Gasteiger partial charge >= 0.3 is 6.18 Å². The largest absolute Gasteiger partial charge is 0.421 e. The van der Waals surface area contributed by atoms with Gasteiger partial charge in [0.05, 0.1) is 23.3 Å². The van der Waals surface area contributed by atoms with Gasteiger partial charge in [0, 0.05) is 18.8 Å². The molecule has 3 heterocycles. The molecule has 0 amide bonds. The van der Waals surface area contributed by atoms with Crippen LogP contribution in [0.2, 0.25) is 0 Å². The molecule has 0 fully saturated rings.